The van der Waals surface area contributed by atoms with Crippen LogP contribution in [0, 0.1) is 0 Å². The van der Waals surface area contributed by atoms with Crippen LogP contribution in [-0.2, 0) is 6.18 Å². The van der Waals surface area contributed by atoms with Crippen molar-refractivity contribution < 1.29 is 17.6 Å². The van der Waals surface area contributed by atoms with Crippen molar-refractivity contribution in [3.63, 3.8) is 0 Å². The van der Waals surface area contributed by atoms with Gasteiger partial charge < -0.3 is 4.42 Å². The first kappa shape index (κ1) is 15.4. The lowest BCUT2D eigenvalue weighted by Gasteiger charge is -2.09. The van der Waals surface area contributed by atoms with Gasteiger partial charge in [0.05, 0.1) is 5.56 Å². The number of oxazole rings is 1. The largest absolute Gasteiger partial charge is 0.436 e. The van der Waals surface area contributed by atoms with E-state index in [1.165, 1.54) is 6.07 Å². The number of nitrogens with zero attached hydrogens (tertiary/aromatic N) is 1. The summed E-state index contributed by atoms with van der Waals surface area (Å²) >= 11 is 0. The van der Waals surface area contributed by atoms with Crippen LogP contribution in [0.1, 0.15) is 5.56 Å². The average molecular weight is 339 g/mol. The van der Waals surface area contributed by atoms with Crippen LogP contribution < -0.4 is 0 Å². The van der Waals surface area contributed by atoms with E-state index < -0.39 is 11.7 Å². The highest BCUT2D eigenvalue weighted by atomic mass is 19.4. The number of para-hydroxylation sites is 2. The first-order valence-electron chi connectivity index (χ1n) is 7.64. The standard InChI is InChI=1S/C20H12F3NO/c21-20(22,23)16-5-3-4-15(12-16)13-8-10-14(11-9-13)19-24-17-6-1-2-7-18(17)25-19/h1-12H. The molecule has 0 radical (unpaired) electrons. The summed E-state index contributed by atoms with van der Waals surface area (Å²) in [5.41, 5.74) is 2.78. The molecule has 4 rings (SSSR count). The third-order valence-corrected chi connectivity index (χ3v) is 3.95. The Kier molecular flexibility index (Phi) is 3.57. The van der Waals surface area contributed by atoms with E-state index in [1.807, 2.05) is 24.3 Å². The highest BCUT2D eigenvalue weighted by molar-refractivity contribution is 5.76. The van der Waals surface area contributed by atoms with Crippen LogP contribution >= 0.6 is 0 Å². The van der Waals surface area contributed by atoms with Crippen LogP contribution in [0.25, 0.3) is 33.7 Å². The van der Waals surface area contributed by atoms with Gasteiger partial charge in [-0.3, -0.25) is 0 Å². The zero-order chi connectivity index (χ0) is 17.4. The van der Waals surface area contributed by atoms with Crippen molar-refractivity contribution in [3.8, 4) is 22.6 Å². The number of hydrogen-bond acceptors (Lipinski definition) is 2. The summed E-state index contributed by atoms with van der Waals surface area (Å²) in [6, 6.07) is 19.8. The molecule has 0 saturated heterocycles. The molecule has 0 aliphatic rings. The maximum absolute atomic E-state index is 12.8. The molecular formula is C20H12F3NO. The molecule has 0 amide bonds. The Hall–Kier alpha value is -3.08. The molecule has 0 unspecified atom stereocenters. The minimum atomic E-state index is -4.35. The molecule has 0 aliphatic heterocycles. The van der Waals surface area contributed by atoms with Crippen molar-refractivity contribution in [2.45, 2.75) is 6.18 Å². The first-order chi connectivity index (χ1) is 12.0. The fourth-order valence-corrected chi connectivity index (χ4v) is 2.68. The zero-order valence-corrected chi connectivity index (χ0v) is 12.9. The molecule has 0 fully saturated rings. The molecule has 5 heteroatoms. The zero-order valence-electron chi connectivity index (χ0n) is 12.9. The Morgan fingerprint density at radius 3 is 2.16 bits per heavy atom. The topological polar surface area (TPSA) is 26.0 Å². The maximum Gasteiger partial charge on any atom is 0.416 e. The molecule has 3 aromatic carbocycles. The fourth-order valence-electron chi connectivity index (χ4n) is 2.68. The monoisotopic (exact) mass is 339 g/mol. The SMILES string of the molecule is FC(F)(F)c1cccc(-c2ccc(-c3nc4ccccc4o3)cc2)c1. The van der Waals surface area contributed by atoms with Crippen LogP contribution in [0.15, 0.2) is 77.2 Å². The number of alkyl halides is 3. The summed E-state index contributed by atoms with van der Waals surface area (Å²) in [7, 11) is 0. The van der Waals surface area contributed by atoms with Crippen molar-refractivity contribution in [3.05, 3.63) is 78.4 Å². The van der Waals surface area contributed by atoms with Crippen molar-refractivity contribution in [2.24, 2.45) is 0 Å². The summed E-state index contributed by atoms with van der Waals surface area (Å²) in [6.45, 7) is 0. The first-order valence-corrected chi connectivity index (χ1v) is 7.64. The Morgan fingerprint density at radius 2 is 1.44 bits per heavy atom. The summed E-state index contributed by atoms with van der Waals surface area (Å²) in [5.74, 6) is 0.483. The van der Waals surface area contributed by atoms with E-state index in [0.29, 0.717) is 22.6 Å². The third-order valence-electron chi connectivity index (χ3n) is 3.95. The fraction of sp³-hybridized carbons (Fsp3) is 0.0500. The smallest absolute Gasteiger partial charge is 0.416 e. The second kappa shape index (κ2) is 5.77. The second-order valence-electron chi connectivity index (χ2n) is 5.64. The molecule has 0 aliphatic carbocycles. The summed E-state index contributed by atoms with van der Waals surface area (Å²) < 4.78 is 44.3. The molecule has 0 spiro atoms. The lowest BCUT2D eigenvalue weighted by Crippen LogP contribution is -2.04. The Morgan fingerprint density at radius 1 is 0.720 bits per heavy atom. The predicted molar refractivity (Wildman–Crippen MR) is 89.9 cm³/mol. The van der Waals surface area contributed by atoms with Gasteiger partial charge in [0, 0.05) is 5.56 Å². The van der Waals surface area contributed by atoms with Crippen molar-refractivity contribution in [2.75, 3.05) is 0 Å². The van der Waals surface area contributed by atoms with Crippen molar-refractivity contribution in [1.82, 2.24) is 4.98 Å². The third kappa shape index (κ3) is 3.01. The molecule has 2 nitrogen and oxygen atoms in total. The number of aromatic nitrogens is 1. The van der Waals surface area contributed by atoms with Gasteiger partial charge in [0.2, 0.25) is 5.89 Å². The minimum Gasteiger partial charge on any atom is -0.436 e. The lowest BCUT2D eigenvalue weighted by atomic mass is 10.0. The molecule has 1 heterocycles. The molecule has 0 atom stereocenters. The van der Waals surface area contributed by atoms with E-state index in [2.05, 4.69) is 4.98 Å². The molecule has 0 bridgehead atoms. The Balaban J connectivity index is 1.68. The van der Waals surface area contributed by atoms with Gasteiger partial charge in [-0.15, -0.1) is 0 Å². The van der Waals surface area contributed by atoms with Gasteiger partial charge in [0.1, 0.15) is 5.52 Å². The van der Waals surface area contributed by atoms with Crippen molar-refractivity contribution >= 4 is 11.1 Å². The molecule has 4 aromatic rings. The van der Waals surface area contributed by atoms with Gasteiger partial charge in [-0.2, -0.15) is 13.2 Å². The Bertz CT molecular complexity index is 1000. The van der Waals surface area contributed by atoms with Crippen LogP contribution in [-0.4, -0.2) is 4.98 Å². The predicted octanol–water partition coefficient (Wildman–Crippen LogP) is 6.18. The lowest BCUT2D eigenvalue weighted by molar-refractivity contribution is -0.137. The van der Waals surface area contributed by atoms with E-state index in [-0.39, 0.29) is 0 Å². The highest BCUT2D eigenvalue weighted by Gasteiger charge is 2.30. The van der Waals surface area contributed by atoms with Crippen molar-refractivity contribution in [1.29, 1.82) is 0 Å². The van der Waals surface area contributed by atoms with Gasteiger partial charge in [-0.05, 0) is 47.5 Å². The van der Waals surface area contributed by atoms with Crippen LogP contribution in [0.5, 0.6) is 0 Å². The van der Waals surface area contributed by atoms with Crippen LogP contribution in [0.2, 0.25) is 0 Å². The number of rotatable bonds is 2. The van der Waals surface area contributed by atoms with Crippen LogP contribution in [0.3, 0.4) is 0 Å². The number of benzene rings is 3. The summed E-state index contributed by atoms with van der Waals surface area (Å²) in [5, 5.41) is 0. The average Bonchev–Trinajstić information content (AvgIpc) is 3.05. The minimum absolute atomic E-state index is 0.483. The number of fused-ring (bicyclic) bond motifs is 1. The van der Waals surface area contributed by atoms with Gasteiger partial charge in [-0.25, -0.2) is 4.98 Å². The molecule has 124 valence electrons. The van der Waals surface area contributed by atoms with Gasteiger partial charge >= 0.3 is 6.18 Å². The summed E-state index contributed by atoms with van der Waals surface area (Å²) in [4.78, 5) is 4.42. The number of halogens is 3. The van der Waals surface area contributed by atoms with E-state index in [0.717, 1.165) is 23.2 Å². The summed E-state index contributed by atoms with van der Waals surface area (Å²) in [6.07, 6.45) is -4.35. The molecular weight excluding hydrogens is 327 g/mol. The van der Waals surface area contributed by atoms with E-state index in [9.17, 15) is 13.2 Å². The Labute approximate surface area is 141 Å². The molecule has 25 heavy (non-hydrogen) atoms. The highest BCUT2D eigenvalue weighted by Crippen LogP contribution is 2.33. The number of hydrogen-bond donors (Lipinski definition) is 0. The maximum atomic E-state index is 12.8. The van der Waals surface area contributed by atoms with Gasteiger partial charge in [0.15, 0.2) is 5.58 Å². The molecule has 0 N–H and O–H groups in total. The molecule has 0 saturated carbocycles. The van der Waals surface area contributed by atoms with Gasteiger partial charge in [-0.1, -0.05) is 36.4 Å². The normalized spacial score (nSPS) is 11.8. The second-order valence-corrected chi connectivity index (χ2v) is 5.64. The van der Waals surface area contributed by atoms with Gasteiger partial charge in [0.25, 0.3) is 0 Å². The van der Waals surface area contributed by atoms with E-state index in [4.69, 9.17) is 4.42 Å². The van der Waals surface area contributed by atoms with E-state index >= 15 is 0 Å². The van der Waals surface area contributed by atoms with Crippen LogP contribution in [0.4, 0.5) is 13.2 Å². The quantitative estimate of drug-likeness (QED) is 0.436. The molecule has 1 aromatic heterocycles. The van der Waals surface area contributed by atoms with E-state index in [1.54, 1.807) is 30.3 Å².